The Morgan fingerprint density at radius 2 is 1.84 bits per heavy atom. The maximum Gasteiger partial charge on any atom is 0.277 e. The molecule has 0 aromatic heterocycles. The highest BCUT2D eigenvalue weighted by Gasteiger charge is 2.32. The summed E-state index contributed by atoms with van der Waals surface area (Å²) in [6, 6.07) is 14.3. The van der Waals surface area contributed by atoms with E-state index in [1.807, 2.05) is 0 Å². The summed E-state index contributed by atoms with van der Waals surface area (Å²) in [4.78, 5) is 24.1. The molecule has 164 valence electrons. The quantitative estimate of drug-likeness (QED) is 0.543. The van der Waals surface area contributed by atoms with E-state index in [4.69, 9.17) is 11.6 Å². The van der Waals surface area contributed by atoms with Gasteiger partial charge in [-0.1, -0.05) is 35.9 Å². The molecule has 0 saturated carbocycles. The lowest BCUT2D eigenvalue weighted by atomic mass is 10.1. The molecule has 1 aliphatic rings. The first-order valence-corrected chi connectivity index (χ1v) is 11.3. The maximum absolute atomic E-state index is 14.1. The van der Waals surface area contributed by atoms with Crippen molar-refractivity contribution in [2.75, 3.05) is 9.73 Å². The molecule has 1 heterocycles. The Hall–Kier alpha value is -3.27. The van der Waals surface area contributed by atoms with Crippen molar-refractivity contribution >= 4 is 44.7 Å². The molecule has 7 nitrogen and oxygen atoms in total. The minimum absolute atomic E-state index is 0.0418. The Morgan fingerprint density at radius 3 is 2.56 bits per heavy atom. The topological polar surface area (TPSA) is 95.6 Å². The Labute approximate surface area is 188 Å². The Bertz CT molecular complexity index is 1340. The van der Waals surface area contributed by atoms with Crippen LogP contribution in [0, 0.1) is 5.82 Å². The number of ketones is 1. The second-order valence-electron chi connectivity index (χ2n) is 7.08. The standard InChI is InChI=1S/C22H17ClFN3O4S/c1-13(28)14-4-2-5-17(10-14)32(30,31)27-20-11-16(9-8-15(20)12-25-27)26-22(29)21-18(23)6-3-7-19(21)24/h2-11,25H,12H2,1H3,(H,26,29). The van der Waals surface area contributed by atoms with Crippen molar-refractivity contribution in [3.8, 4) is 0 Å². The number of nitrogens with one attached hydrogen (secondary N) is 2. The number of hydrogen-bond donors (Lipinski definition) is 2. The molecule has 32 heavy (non-hydrogen) atoms. The molecule has 0 atom stereocenters. The number of rotatable bonds is 5. The molecular weight excluding hydrogens is 457 g/mol. The van der Waals surface area contributed by atoms with Crippen molar-refractivity contribution < 1.29 is 22.4 Å². The molecule has 0 spiro atoms. The fraction of sp³-hybridized carbons (Fsp3) is 0.0909. The Balaban J connectivity index is 1.66. The van der Waals surface area contributed by atoms with Crippen LogP contribution in [0.15, 0.2) is 65.6 Å². The van der Waals surface area contributed by atoms with Crippen LogP contribution in [-0.2, 0) is 16.6 Å². The smallest absolute Gasteiger partial charge is 0.277 e. The average molecular weight is 474 g/mol. The molecule has 0 unspecified atom stereocenters. The van der Waals surface area contributed by atoms with Crippen molar-refractivity contribution in [3.63, 3.8) is 0 Å². The second kappa shape index (κ2) is 8.34. The van der Waals surface area contributed by atoms with Crippen LogP contribution < -0.4 is 15.2 Å². The number of halogens is 2. The number of sulfonamides is 1. The summed E-state index contributed by atoms with van der Waals surface area (Å²) in [6.07, 6.45) is 0. The molecule has 0 saturated heterocycles. The summed E-state index contributed by atoms with van der Waals surface area (Å²) in [5.41, 5.74) is 4.01. The van der Waals surface area contributed by atoms with Gasteiger partial charge in [0.2, 0.25) is 0 Å². The first kappa shape index (κ1) is 21.9. The van der Waals surface area contributed by atoms with E-state index in [0.29, 0.717) is 11.3 Å². The third kappa shape index (κ3) is 3.97. The van der Waals surface area contributed by atoms with E-state index >= 15 is 0 Å². The lowest BCUT2D eigenvalue weighted by Crippen LogP contribution is -2.38. The zero-order valence-corrected chi connectivity index (χ0v) is 18.3. The average Bonchev–Trinajstić information content (AvgIpc) is 3.18. The van der Waals surface area contributed by atoms with Crippen LogP contribution in [0.5, 0.6) is 0 Å². The fourth-order valence-electron chi connectivity index (χ4n) is 3.33. The number of nitrogens with zero attached hydrogens (tertiary/aromatic N) is 1. The number of amides is 1. The predicted octanol–water partition coefficient (Wildman–Crippen LogP) is 4.15. The van der Waals surface area contributed by atoms with Gasteiger partial charge in [-0.25, -0.2) is 9.82 Å². The lowest BCUT2D eigenvalue weighted by molar-refractivity contribution is 0.101. The van der Waals surface area contributed by atoms with Crippen LogP contribution in [0.4, 0.5) is 15.8 Å². The molecule has 4 rings (SSSR count). The monoisotopic (exact) mass is 473 g/mol. The third-order valence-electron chi connectivity index (χ3n) is 4.94. The lowest BCUT2D eigenvalue weighted by Gasteiger charge is -2.20. The summed E-state index contributed by atoms with van der Waals surface area (Å²) < 4.78 is 41.5. The number of benzene rings is 3. The molecule has 3 aromatic rings. The van der Waals surface area contributed by atoms with Crippen molar-refractivity contribution in [2.45, 2.75) is 18.4 Å². The van der Waals surface area contributed by atoms with Crippen molar-refractivity contribution in [3.05, 3.63) is 88.2 Å². The molecule has 2 N–H and O–H groups in total. The van der Waals surface area contributed by atoms with Gasteiger partial charge in [0, 0.05) is 17.8 Å². The van der Waals surface area contributed by atoms with Crippen LogP contribution in [0.1, 0.15) is 33.2 Å². The molecular formula is C22H17ClFN3O4S. The zero-order valence-electron chi connectivity index (χ0n) is 16.7. The SMILES string of the molecule is CC(=O)c1cccc(S(=O)(=O)N2NCc3ccc(NC(=O)c4c(F)cccc4Cl)cc32)c1. The normalized spacial score (nSPS) is 13.0. The summed E-state index contributed by atoms with van der Waals surface area (Å²) in [6.45, 7) is 1.60. The van der Waals surface area contributed by atoms with E-state index < -0.39 is 21.7 Å². The summed E-state index contributed by atoms with van der Waals surface area (Å²) in [7, 11) is -4.04. The summed E-state index contributed by atoms with van der Waals surface area (Å²) in [5, 5.41) is 2.51. The van der Waals surface area contributed by atoms with Crippen LogP contribution >= 0.6 is 11.6 Å². The fourth-order valence-corrected chi connectivity index (χ4v) is 4.98. The number of carbonyl (C=O) groups is 2. The third-order valence-corrected chi connectivity index (χ3v) is 6.91. The molecule has 0 radical (unpaired) electrons. The minimum Gasteiger partial charge on any atom is -0.322 e. The van der Waals surface area contributed by atoms with Gasteiger partial charge in [-0.2, -0.15) is 12.8 Å². The highest BCUT2D eigenvalue weighted by atomic mass is 35.5. The van der Waals surface area contributed by atoms with Gasteiger partial charge in [-0.05, 0) is 48.9 Å². The molecule has 3 aromatic carbocycles. The number of carbonyl (C=O) groups excluding carboxylic acids is 2. The molecule has 10 heteroatoms. The first-order valence-electron chi connectivity index (χ1n) is 9.46. The van der Waals surface area contributed by atoms with Gasteiger partial charge >= 0.3 is 0 Å². The predicted molar refractivity (Wildman–Crippen MR) is 119 cm³/mol. The van der Waals surface area contributed by atoms with E-state index in [9.17, 15) is 22.4 Å². The van der Waals surface area contributed by atoms with E-state index in [2.05, 4.69) is 10.7 Å². The van der Waals surface area contributed by atoms with E-state index in [1.165, 1.54) is 49.4 Å². The number of Topliss-reactive ketones (excluding diaryl/α,β-unsaturated/α-hetero) is 1. The first-order chi connectivity index (χ1) is 15.2. The van der Waals surface area contributed by atoms with Gasteiger partial charge in [0.15, 0.2) is 5.78 Å². The van der Waals surface area contributed by atoms with E-state index in [0.717, 1.165) is 10.5 Å². The largest absolute Gasteiger partial charge is 0.322 e. The van der Waals surface area contributed by atoms with Gasteiger partial charge in [-0.3, -0.25) is 9.59 Å². The van der Waals surface area contributed by atoms with Crippen molar-refractivity contribution in [1.82, 2.24) is 5.43 Å². The minimum atomic E-state index is -4.04. The van der Waals surface area contributed by atoms with E-state index in [-0.39, 0.29) is 39.1 Å². The van der Waals surface area contributed by atoms with Gasteiger partial charge < -0.3 is 5.32 Å². The molecule has 1 amide bonds. The van der Waals surface area contributed by atoms with Gasteiger partial charge in [0.1, 0.15) is 5.82 Å². The van der Waals surface area contributed by atoms with Gasteiger partial charge in [0.25, 0.3) is 15.9 Å². The van der Waals surface area contributed by atoms with Crippen LogP contribution in [-0.4, -0.2) is 20.1 Å². The van der Waals surface area contributed by atoms with Crippen LogP contribution in [0.25, 0.3) is 0 Å². The maximum atomic E-state index is 14.1. The zero-order chi connectivity index (χ0) is 23.0. The highest BCUT2D eigenvalue weighted by Crippen LogP contribution is 2.33. The Kier molecular flexibility index (Phi) is 5.72. The van der Waals surface area contributed by atoms with Crippen molar-refractivity contribution in [2.24, 2.45) is 0 Å². The number of hydrogen-bond acceptors (Lipinski definition) is 5. The number of hydrazine groups is 1. The van der Waals surface area contributed by atoms with Crippen molar-refractivity contribution in [1.29, 1.82) is 0 Å². The second-order valence-corrected chi connectivity index (χ2v) is 9.28. The molecule has 1 aliphatic heterocycles. The number of fused-ring (bicyclic) bond motifs is 1. The molecule has 0 fully saturated rings. The summed E-state index contributed by atoms with van der Waals surface area (Å²) in [5.74, 6) is -1.79. The molecule has 0 bridgehead atoms. The van der Waals surface area contributed by atoms with Crippen LogP contribution in [0.3, 0.4) is 0 Å². The number of anilines is 2. The van der Waals surface area contributed by atoms with Gasteiger partial charge in [0.05, 0.1) is 21.2 Å². The van der Waals surface area contributed by atoms with E-state index in [1.54, 1.807) is 12.1 Å². The van der Waals surface area contributed by atoms with Crippen LogP contribution in [0.2, 0.25) is 5.02 Å². The highest BCUT2D eigenvalue weighted by molar-refractivity contribution is 7.92. The Morgan fingerprint density at radius 1 is 1.09 bits per heavy atom. The van der Waals surface area contributed by atoms with Gasteiger partial charge in [-0.15, -0.1) is 0 Å². The molecule has 0 aliphatic carbocycles. The summed E-state index contributed by atoms with van der Waals surface area (Å²) >= 11 is 5.95.